The van der Waals surface area contributed by atoms with Gasteiger partial charge in [0.25, 0.3) is 0 Å². The Hall–Kier alpha value is -1.79. The molecule has 1 aromatic heterocycles. The second-order valence-electron chi connectivity index (χ2n) is 7.72. The first-order chi connectivity index (χ1) is 12.5. The lowest BCUT2D eigenvalue weighted by atomic mass is 9.77. The summed E-state index contributed by atoms with van der Waals surface area (Å²) in [4.78, 5) is 11.9. The minimum atomic E-state index is -2.93. The molecule has 1 aromatic carbocycles. The van der Waals surface area contributed by atoms with Crippen molar-refractivity contribution in [3.8, 4) is 11.4 Å². The molecule has 0 amide bonds. The molecule has 0 radical (unpaired) electrons. The van der Waals surface area contributed by atoms with Crippen LogP contribution in [0.3, 0.4) is 0 Å². The number of rotatable bonds is 4. The molecular formula is C20H25N3O2S. The van der Waals surface area contributed by atoms with Crippen LogP contribution in [-0.2, 0) is 21.7 Å². The highest BCUT2D eigenvalue weighted by atomic mass is 32.2. The number of hydrogen-bond acceptors (Lipinski definition) is 5. The second kappa shape index (κ2) is 6.74. The number of aromatic nitrogens is 2. The fourth-order valence-electron chi connectivity index (χ4n) is 4.38. The molecule has 1 aliphatic carbocycles. The third-order valence-electron chi connectivity index (χ3n) is 5.71. The average Bonchev–Trinajstić information content (AvgIpc) is 2.98. The van der Waals surface area contributed by atoms with Gasteiger partial charge in [-0.05, 0) is 37.8 Å². The van der Waals surface area contributed by atoms with E-state index in [9.17, 15) is 8.42 Å². The van der Waals surface area contributed by atoms with Gasteiger partial charge < -0.3 is 4.90 Å². The van der Waals surface area contributed by atoms with E-state index >= 15 is 0 Å². The molecule has 138 valence electrons. The van der Waals surface area contributed by atoms with Crippen LogP contribution >= 0.6 is 0 Å². The van der Waals surface area contributed by atoms with E-state index in [0.717, 1.165) is 50.2 Å². The van der Waals surface area contributed by atoms with Crippen LogP contribution in [0.5, 0.6) is 0 Å². The van der Waals surface area contributed by atoms with Crippen molar-refractivity contribution in [2.75, 3.05) is 31.6 Å². The summed E-state index contributed by atoms with van der Waals surface area (Å²) in [5.74, 6) is 1.02. The minimum Gasteiger partial charge on any atom is -0.301 e. The molecule has 1 saturated heterocycles. The molecule has 0 N–H and O–H groups in total. The Kier molecular flexibility index (Phi) is 4.57. The summed E-state index contributed by atoms with van der Waals surface area (Å²) < 4.78 is 23.1. The Morgan fingerprint density at radius 1 is 1.19 bits per heavy atom. The van der Waals surface area contributed by atoms with Gasteiger partial charge in [0, 0.05) is 36.5 Å². The van der Waals surface area contributed by atoms with E-state index in [1.165, 1.54) is 17.5 Å². The van der Waals surface area contributed by atoms with Gasteiger partial charge in [-0.25, -0.2) is 18.4 Å². The summed E-state index contributed by atoms with van der Waals surface area (Å²) >= 11 is 0. The van der Waals surface area contributed by atoms with Gasteiger partial charge in [-0.2, -0.15) is 0 Å². The first-order valence-electron chi connectivity index (χ1n) is 9.27. The second-order valence-corrected chi connectivity index (χ2v) is 9.98. The number of sulfone groups is 1. The highest BCUT2D eigenvalue weighted by Crippen LogP contribution is 2.44. The fourth-order valence-corrected chi connectivity index (χ4v) is 4.97. The van der Waals surface area contributed by atoms with Crippen LogP contribution < -0.4 is 0 Å². The summed E-state index contributed by atoms with van der Waals surface area (Å²) in [6, 6.07) is 10.1. The molecule has 5 nitrogen and oxygen atoms in total. The van der Waals surface area contributed by atoms with Crippen molar-refractivity contribution in [1.82, 2.24) is 14.9 Å². The van der Waals surface area contributed by atoms with Crippen LogP contribution in [-0.4, -0.2) is 54.9 Å². The molecule has 0 saturated carbocycles. The summed E-state index contributed by atoms with van der Waals surface area (Å²) in [5.41, 5.74) is 3.55. The summed E-state index contributed by atoms with van der Waals surface area (Å²) in [7, 11) is -2.93. The smallest absolute Gasteiger partial charge is 0.159 e. The maximum atomic E-state index is 11.5. The molecule has 2 aliphatic rings. The molecule has 1 fully saturated rings. The molecule has 0 bridgehead atoms. The van der Waals surface area contributed by atoms with Crippen molar-refractivity contribution in [3.05, 3.63) is 47.8 Å². The Bertz CT molecular complexity index is 895. The summed E-state index contributed by atoms with van der Waals surface area (Å²) in [5, 5.41) is 0. The Labute approximate surface area is 155 Å². The predicted molar refractivity (Wildman–Crippen MR) is 103 cm³/mol. The van der Waals surface area contributed by atoms with Gasteiger partial charge in [-0.3, -0.25) is 0 Å². The molecule has 1 unspecified atom stereocenters. The van der Waals surface area contributed by atoms with E-state index in [0.29, 0.717) is 6.54 Å². The number of nitrogens with zero attached hydrogens (tertiary/aromatic N) is 3. The van der Waals surface area contributed by atoms with Crippen LogP contribution in [0.2, 0.25) is 0 Å². The average molecular weight is 372 g/mol. The van der Waals surface area contributed by atoms with Crippen LogP contribution in [0.25, 0.3) is 11.4 Å². The van der Waals surface area contributed by atoms with Crippen molar-refractivity contribution >= 4 is 9.84 Å². The SMILES string of the molecule is CS(=O)(=O)CCN1CCCC2(CCc3cnc(-c4ccccc4)nc32)C1. The Balaban J connectivity index is 1.61. The Morgan fingerprint density at radius 2 is 2.00 bits per heavy atom. The topological polar surface area (TPSA) is 63.2 Å². The zero-order chi connectivity index (χ0) is 18.2. The highest BCUT2D eigenvalue weighted by Gasteiger charge is 2.43. The highest BCUT2D eigenvalue weighted by molar-refractivity contribution is 7.90. The van der Waals surface area contributed by atoms with E-state index in [2.05, 4.69) is 9.88 Å². The molecule has 4 rings (SSSR count). The number of piperidine rings is 1. The van der Waals surface area contributed by atoms with Crippen molar-refractivity contribution in [1.29, 1.82) is 0 Å². The maximum absolute atomic E-state index is 11.5. The third kappa shape index (κ3) is 3.53. The first-order valence-corrected chi connectivity index (χ1v) is 11.3. The van der Waals surface area contributed by atoms with Gasteiger partial charge in [0.15, 0.2) is 5.82 Å². The number of hydrogen-bond donors (Lipinski definition) is 0. The molecule has 2 aromatic rings. The van der Waals surface area contributed by atoms with E-state index < -0.39 is 9.84 Å². The lowest BCUT2D eigenvalue weighted by Crippen LogP contribution is -2.46. The van der Waals surface area contributed by atoms with E-state index in [1.54, 1.807) is 0 Å². The number of benzene rings is 1. The van der Waals surface area contributed by atoms with Crippen molar-refractivity contribution in [3.63, 3.8) is 0 Å². The van der Waals surface area contributed by atoms with Crippen LogP contribution in [0, 0.1) is 0 Å². The molecule has 2 heterocycles. The van der Waals surface area contributed by atoms with Gasteiger partial charge in [-0.15, -0.1) is 0 Å². The first kappa shape index (κ1) is 17.6. The normalized spacial score (nSPS) is 23.3. The largest absolute Gasteiger partial charge is 0.301 e. The molecule has 26 heavy (non-hydrogen) atoms. The van der Waals surface area contributed by atoms with Crippen LogP contribution in [0.4, 0.5) is 0 Å². The standard InChI is InChI=1S/C20H25N3O2S/c1-26(24,25)13-12-23-11-5-9-20(15-23)10-8-17-14-21-19(22-18(17)20)16-6-3-2-4-7-16/h2-4,6-7,14H,5,8-13,15H2,1H3. The number of aryl methyl sites for hydroxylation is 1. The lowest BCUT2D eigenvalue weighted by Gasteiger charge is -2.40. The molecular weight excluding hydrogens is 346 g/mol. The summed E-state index contributed by atoms with van der Waals surface area (Å²) in [6.07, 6.45) is 7.63. The Morgan fingerprint density at radius 3 is 2.77 bits per heavy atom. The van der Waals surface area contributed by atoms with Gasteiger partial charge in [0.1, 0.15) is 9.84 Å². The molecule has 1 atom stereocenters. The van der Waals surface area contributed by atoms with Crippen molar-refractivity contribution in [2.24, 2.45) is 0 Å². The monoisotopic (exact) mass is 371 g/mol. The zero-order valence-electron chi connectivity index (χ0n) is 15.2. The van der Waals surface area contributed by atoms with Crippen molar-refractivity contribution < 1.29 is 8.42 Å². The van der Waals surface area contributed by atoms with E-state index in [-0.39, 0.29) is 11.2 Å². The lowest BCUT2D eigenvalue weighted by molar-refractivity contribution is 0.150. The van der Waals surface area contributed by atoms with Gasteiger partial charge in [-0.1, -0.05) is 30.3 Å². The van der Waals surface area contributed by atoms with E-state index in [1.807, 2.05) is 36.5 Å². The van der Waals surface area contributed by atoms with Crippen LogP contribution in [0.1, 0.15) is 30.5 Å². The fraction of sp³-hybridized carbons (Fsp3) is 0.500. The number of likely N-dealkylation sites (tertiary alicyclic amines) is 1. The minimum absolute atomic E-state index is 0.0531. The third-order valence-corrected chi connectivity index (χ3v) is 6.63. The molecule has 1 spiro atoms. The van der Waals surface area contributed by atoms with Crippen LogP contribution in [0.15, 0.2) is 36.5 Å². The zero-order valence-corrected chi connectivity index (χ0v) is 16.0. The van der Waals surface area contributed by atoms with E-state index in [4.69, 9.17) is 4.98 Å². The van der Waals surface area contributed by atoms with Crippen molar-refractivity contribution in [2.45, 2.75) is 31.1 Å². The number of fused-ring (bicyclic) bond motifs is 2. The molecule has 1 aliphatic heterocycles. The quantitative estimate of drug-likeness (QED) is 0.826. The van der Waals surface area contributed by atoms with Gasteiger partial charge in [0.2, 0.25) is 0 Å². The van der Waals surface area contributed by atoms with Gasteiger partial charge in [0.05, 0.1) is 11.4 Å². The van der Waals surface area contributed by atoms with Gasteiger partial charge >= 0.3 is 0 Å². The summed E-state index contributed by atoms with van der Waals surface area (Å²) in [6.45, 7) is 2.50. The predicted octanol–water partition coefficient (Wildman–Crippen LogP) is 2.47. The molecule has 6 heteroatoms. The maximum Gasteiger partial charge on any atom is 0.159 e.